The minimum Gasteiger partial charge on any atom is -0.491 e. The van der Waals surface area contributed by atoms with Gasteiger partial charge in [0.2, 0.25) is 0 Å². The molecule has 0 aromatic heterocycles. The van der Waals surface area contributed by atoms with Gasteiger partial charge in [0, 0.05) is 5.33 Å². The first-order valence-corrected chi connectivity index (χ1v) is 6.80. The van der Waals surface area contributed by atoms with Crippen LogP contribution in [-0.4, -0.2) is 25.2 Å². The molecule has 1 atom stereocenters. The monoisotopic (exact) mass is 286 g/mol. The zero-order valence-corrected chi connectivity index (χ0v) is 11.3. The zero-order chi connectivity index (χ0) is 11.6. The minimum absolute atomic E-state index is 0.608. The van der Waals surface area contributed by atoms with E-state index in [1.807, 2.05) is 30.3 Å². The van der Waals surface area contributed by atoms with Gasteiger partial charge in [-0.05, 0) is 18.1 Å². The van der Waals surface area contributed by atoms with E-state index >= 15 is 0 Å². The van der Waals surface area contributed by atoms with E-state index in [1.54, 1.807) is 0 Å². The Hall–Kier alpha value is -0.540. The number of halogens is 1. The van der Waals surface area contributed by atoms with Gasteiger partial charge in [0.05, 0.1) is 13.2 Å². The molecule has 0 saturated heterocycles. The Balaban J connectivity index is 2.04. The van der Waals surface area contributed by atoms with Crippen LogP contribution in [-0.2, 0) is 4.74 Å². The van der Waals surface area contributed by atoms with Gasteiger partial charge in [-0.3, -0.25) is 0 Å². The van der Waals surface area contributed by atoms with Crippen LogP contribution in [0.2, 0.25) is 0 Å². The Morgan fingerprint density at radius 3 is 2.56 bits per heavy atom. The Morgan fingerprint density at radius 2 is 1.94 bits per heavy atom. The molecule has 0 aliphatic rings. The lowest BCUT2D eigenvalue weighted by Crippen LogP contribution is -2.14. The molecule has 90 valence electrons. The smallest absolute Gasteiger partial charge is 0.119 e. The maximum Gasteiger partial charge on any atom is 0.119 e. The van der Waals surface area contributed by atoms with Gasteiger partial charge in [0.25, 0.3) is 0 Å². The maximum atomic E-state index is 5.54. The predicted octanol–water partition coefficient (Wildman–Crippen LogP) is 3.50. The van der Waals surface area contributed by atoms with Crippen LogP contribution in [0.25, 0.3) is 0 Å². The van der Waals surface area contributed by atoms with Gasteiger partial charge in [0.1, 0.15) is 12.4 Å². The normalized spacial score (nSPS) is 12.4. The molecular formula is C13H19BrO2. The molecule has 0 spiro atoms. The molecule has 1 aromatic carbocycles. The fourth-order valence-corrected chi connectivity index (χ4v) is 1.90. The topological polar surface area (TPSA) is 18.5 Å². The summed E-state index contributed by atoms with van der Waals surface area (Å²) < 4.78 is 11.1. The molecule has 1 aromatic rings. The van der Waals surface area contributed by atoms with Crippen molar-refractivity contribution in [3.63, 3.8) is 0 Å². The van der Waals surface area contributed by atoms with Crippen molar-refractivity contribution in [1.29, 1.82) is 0 Å². The molecule has 0 aliphatic heterocycles. The summed E-state index contributed by atoms with van der Waals surface area (Å²) in [6, 6.07) is 9.81. The highest BCUT2D eigenvalue weighted by molar-refractivity contribution is 9.09. The third-order valence-electron chi connectivity index (χ3n) is 2.39. The molecule has 16 heavy (non-hydrogen) atoms. The summed E-state index contributed by atoms with van der Waals surface area (Å²) in [4.78, 5) is 0. The van der Waals surface area contributed by atoms with Crippen LogP contribution < -0.4 is 4.74 Å². The van der Waals surface area contributed by atoms with Crippen LogP contribution in [0.1, 0.15) is 13.3 Å². The van der Waals surface area contributed by atoms with Crippen LogP contribution in [0.15, 0.2) is 30.3 Å². The number of hydrogen-bond donors (Lipinski definition) is 0. The van der Waals surface area contributed by atoms with E-state index < -0.39 is 0 Å². The minimum atomic E-state index is 0.608. The van der Waals surface area contributed by atoms with Crippen LogP contribution in [0.3, 0.4) is 0 Å². The summed E-state index contributed by atoms with van der Waals surface area (Å²) >= 11 is 3.47. The average Bonchev–Trinajstić information content (AvgIpc) is 2.35. The van der Waals surface area contributed by atoms with Crippen molar-refractivity contribution >= 4 is 15.9 Å². The number of rotatable bonds is 8. The highest BCUT2D eigenvalue weighted by atomic mass is 79.9. The Bertz CT molecular complexity index is 260. The maximum absolute atomic E-state index is 5.54. The quantitative estimate of drug-likeness (QED) is 0.538. The molecule has 3 heteroatoms. The lowest BCUT2D eigenvalue weighted by Gasteiger charge is -2.12. The summed E-state index contributed by atoms with van der Waals surface area (Å²) in [5, 5.41) is 1.00. The van der Waals surface area contributed by atoms with Crippen LogP contribution in [0.5, 0.6) is 5.75 Å². The van der Waals surface area contributed by atoms with Gasteiger partial charge in [-0.2, -0.15) is 0 Å². The molecule has 1 rings (SSSR count). The van der Waals surface area contributed by atoms with Gasteiger partial charge in [0.15, 0.2) is 0 Å². The zero-order valence-electron chi connectivity index (χ0n) is 9.69. The van der Waals surface area contributed by atoms with Gasteiger partial charge in [-0.1, -0.05) is 47.5 Å². The van der Waals surface area contributed by atoms with E-state index in [1.165, 1.54) is 0 Å². The molecule has 2 nitrogen and oxygen atoms in total. The number of alkyl halides is 1. The molecule has 0 radical (unpaired) electrons. The second-order valence-corrected chi connectivity index (χ2v) is 4.31. The average molecular weight is 287 g/mol. The molecule has 0 saturated carbocycles. The third-order valence-corrected chi connectivity index (χ3v) is 3.30. The Labute approximate surface area is 106 Å². The van der Waals surface area contributed by atoms with Gasteiger partial charge < -0.3 is 9.47 Å². The summed E-state index contributed by atoms with van der Waals surface area (Å²) in [5.41, 5.74) is 0. The number of benzene rings is 1. The van der Waals surface area contributed by atoms with E-state index in [9.17, 15) is 0 Å². The van der Waals surface area contributed by atoms with Crippen LogP contribution >= 0.6 is 15.9 Å². The van der Waals surface area contributed by atoms with Crippen LogP contribution in [0.4, 0.5) is 0 Å². The fraction of sp³-hybridized carbons (Fsp3) is 0.538. The van der Waals surface area contributed by atoms with E-state index in [2.05, 4.69) is 22.9 Å². The highest BCUT2D eigenvalue weighted by Gasteiger charge is 2.03. The number of para-hydroxylation sites is 1. The van der Waals surface area contributed by atoms with Crippen molar-refractivity contribution < 1.29 is 9.47 Å². The molecule has 1 unspecified atom stereocenters. The van der Waals surface area contributed by atoms with Crippen molar-refractivity contribution in [1.82, 2.24) is 0 Å². The molecule has 0 bridgehead atoms. The van der Waals surface area contributed by atoms with E-state index in [-0.39, 0.29) is 0 Å². The third kappa shape index (κ3) is 5.52. The standard InChI is InChI=1S/C13H19BrO2/c1-2-12(10-14)11-15-8-9-16-13-6-4-3-5-7-13/h3-7,12H,2,8-11H2,1H3. The summed E-state index contributed by atoms with van der Waals surface area (Å²) in [6.45, 7) is 4.25. The summed E-state index contributed by atoms with van der Waals surface area (Å²) in [7, 11) is 0. The molecule has 0 amide bonds. The number of ether oxygens (including phenoxy) is 2. The SMILES string of the molecule is CCC(CBr)COCCOc1ccccc1. The Morgan fingerprint density at radius 1 is 1.19 bits per heavy atom. The first-order chi connectivity index (χ1) is 7.86. The highest BCUT2D eigenvalue weighted by Crippen LogP contribution is 2.09. The molecule has 0 heterocycles. The summed E-state index contributed by atoms with van der Waals surface area (Å²) in [6.07, 6.45) is 1.14. The number of hydrogen-bond acceptors (Lipinski definition) is 2. The second-order valence-electron chi connectivity index (χ2n) is 3.67. The lowest BCUT2D eigenvalue weighted by molar-refractivity contribution is 0.0784. The van der Waals surface area contributed by atoms with Crippen molar-refractivity contribution in [3.05, 3.63) is 30.3 Å². The van der Waals surface area contributed by atoms with Crippen LogP contribution in [0, 0.1) is 5.92 Å². The molecule has 0 N–H and O–H groups in total. The fourth-order valence-electron chi connectivity index (χ4n) is 1.26. The van der Waals surface area contributed by atoms with Crippen molar-refractivity contribution in [2.24, 2.45) is 5.92 Å². The van der Waals surface area contributed by atoms with E-state index in [0.29, 0.717) is 19.1 Å². The first kappa shape index (κ1) is 13.5. The predicted molar refractivity (Wildman–Crippen MR) is 70.3 cm³/mol. The van der Waals surface area contributed by atoms with Crippen molar-refractivity contribution in [2.75, 3.05) is 25.2 Å². The largest absolute Gasteiger partial charge is 0.491 e. The first-order valence-electron chi connectivity index (χ1n) is 5.68. The van der Waals surface area contributed by atoms with Gasteiger partial charge in [-0.15, -0.1) is 0 Å². The van der Waals surface area contributed by atoms with Crippen molar-refractivity contribution in [3.8, 4) is 5.75 Å². The molecule has 0 fully saturated rings. The summed E-state index contributed by atoms with van der Waals surface area (Å²) in [5.74, 6) is 1.51. The van der Waals surface area contributed by atoms with Gasteiger partial charge >= 0.3 is 0 Å². The lowest BCUT2D eigenvalue weighted by atomic mass is 10.1. The Kier molecular flexibility index (Phi) is 7.26. The van der Waals surface area contributed by atoms with E-state index in [4.69, 9.17) is 9.47 Å². The molecule has 0 aliphatic carbocycles. The molecular weight excluding hydrogens is 268 g/mol. The second kappa shape index (κ2) is 8.59. The van der Waals surface area contributed by atoms with E-state index in [0.717, 1.165) is 24.1 Å². The van der Waals surface area contributed by atoms with Crippen molar-refractivity contribution in [2.45, 2.75) is 13.3 Å². The van der Waals surface area contributed by atoms with Gasteiger partial charge in [-0.25, -0.2) is 0 Å².